The molecule has 0 unspecified atom stereocenters. The third-order valence-electron chi connectivity index (χ3n) is 3.86. The van der Waals surface area contributed by atoms with Gasteiger partial charge in [-0.2, -0.15) is 0 Å². The number of aromatic nitrogens is 1. The van der Waals surface area contributed by atoms with Crippen molar-refractivity contribution in [2.45, 2.75) is 0 Å². The maximum Gasteiger partial charge on any atom is 0.260 e. The van der Waals surface area contributed by atoms with Gasteiger partial charge in [0.1, 0.15) is 5.82 Å². The first-order chi connectivity index (χ1) is 11.6. The number of anilines is 1. The second kappa shape index (κ2) is 7.73. The van der Waals surface area contributed by atoms with Crippen LogP contribution in [0.25, 0.3) is 0 Å². The Hall–Kier alpha value is -1.98. The molecule has 3 rings (SSSR count). The molecule has 5 nitrogen and oxygen atoms in total. The van der Waals surface area contributed by atoms with Crippen LogP contribution in [0.1, 0.15) is 0 Å². The number of pyridine rings is 1. The Kier molecular flexibility index (Phi) is 5.43. The van der Waals surface area contributed by atoms with Gasteiger partial charge in [-0.1, -0.05) is 35.3 Å². The van der Waals surface area contributed by atoms with Crippen molar-refractivity contribution in [2.24, 2.45) is 0 Å². The SMILES string of the molecule is O=C(COc1c(Cl)cccc1Cl)N1CCN(c2ccccn2)CC1. The number of hydrogen-bond acceptors (Lipinski definition) is 4. The smallest absolute Gasteiger partial charge is 0.260 e. The van der Waals surface area contributed by atoms with E-state index < -0.39 is 0 Å². The van der Waals surface area contributed by atoms with Crippen LogP contribution < -0.4 is 9.64 Å². The van der Waals surface area contributed by atoms with Crippen LogP contribution in [0.4, 0.5) is 5.82 Å². The van der Waals surface area contributed by atoms with Gasteiger partial charge in [0, 0.05) is 32.4 Å². The average molecular weight is 366 g/mol. The van der Waals surface area contributed by atoms with E-state index in [1.54, 1.807) is 29.3 Å². The van der Waals surface area contributed by atoms with Crippen LogP contribution in [0, 0.1) is 0 Å². The molecule has 24 heavy (non-hydrogen) atoms. The largest absolute Gasteiger partial charge is 0.481 e. The molecular formula is C17H17Cl2N3O2. The zero-order valence-electron chi connectivity index (χ0n) is 13.0. The van der Waals surface area contributed by atoms with E-state index in [9.17, 15) is 4.79 Å². The van der Waals surface area contributed by atoms with Gasteiger partial charge in [-0.3, -0.25) is 4.79 Å². The number of benzene rings is 1. The Morgan fingerprint density at radius 2 is 1.75 bits per heavy atom. The summed E-state index contributed by atoms with van der Waals surface area (Å²) in [7, 11) is 0. The molecule has 2 heterocycles. The summed E-state index contributed by atoms with van der Waals surface area (Å²) >= 11 is 12.1. The first kappa shape index (κ1) is 16.9. The van der Waals surface area contributed by atoms with Gasteiger partial charge >= 0.3 is 0 Å². The van der Waals surface area contributed by atoms with Crippen molar-refractivity contribution in [1.82, 2.24) is 9.88 Å². The number of halogens is 2. The molecule has 1 amide bonds. The van der Waals surface area contributed by atoms with Crippen LogP contribution in [-0.2, 0) is 4.79 Å². The highest BCUT2D eigenvalue weighted by molar-refractivity contribution is 6.37. The first-order valence-corrected chi connectivity index (χ1v) is 8.41. The number of hydrogen-bond donors (Lipinski definition) is 0. The molecule has 1 aliphatic rings. The van der Waals surface area contributed by atoms with E-state index in [1.165, 1.54) is 0 Å². The molecule has 1 fully saturated rings. The third kappa shape index (κ3) is 3.91. The lowest BCUT2D eigenvalue weighted by atomic mass is 10.3. The molecule has 2 aromatic rings. The third-order valence-corrected chi connectivity index (χ3v) is 4.46. The number of piperazine rings is 1. The zero-order chi connectivity index (χ0) is 16.9. The Morgan fingerprint density at radius 3 is 2.38 bits per heavy atom. The van der Waals surface area contributed by atoms with Gasteiger partial charge in [-0.05, 0) is 24.3 Å². The number of para-hydroxylation sites is 1. The van der Waals surface area contributed by atoms with E-state index in [1.807, 2.05) is 18.2 Å². The summed E-state index contributed by atoms with van der Waals surface area (Å²) in [5.74, 6) is 1.21. The molecule has 0 N–H and O–H groups in total. The molecule has 0 spiro atoms. The number of nitrogens with zero attached hydrogens (tertiary/aromatic N) is 3. The lowest BCUT2D eigenvalue weighted by molar-refractivity contribution is -0.133. The summed E-state index contributed by atoms with van der Waals surface area (Å²) in [4.78, 5) is 20.6. The van der Waals surface area contributed by atoms with E-state index in [2.05, 4.69) is 9.88 Å². The molecule has 1 aromatic heterocycles. The van der Waals surface area contributed by atoms with Crippen LogP contribution in [-0.4, -0.2) is 48.6 Å². The highest BCUT2D eigenvalue weighted by atomic mass is 35.5. The van der Waals surface area contributed by atoms with E-state index in [-0.39, 0.29) is 12.5 Å². The van der Waals surface area contributed by atoms with Gasteiger partial charge in [-0.15, -0.1) is 0 Å². The molecule has 1 aliphatic heterocycles. The minimum Gasteiger partial charge on any atom is -0.481 e. The molecule has 0 atom stereocenters. The molecular weight excluding hydrogens is 349 g/mol. The van der Waals surface area contributed by atoms with Gasteiger partial charge in [0.05, 0.1) is 10.0 Å². The van der Waals surface area contributed by atoms with Crippen LogP contribution in [0.2, 0.25) is 10.0 Å². The first-order valence-electron chi connectivity index (χ1n) is 7.66. The summed E-state index contributed by atoms with van der Waals surface area (Å²) < 4.78 is 5.51. The van der Waals surface area contributed by atoms with Gasteiger partial charge in [-0.25, -0.2) is 4.98 Å². The van der Waals surface area contributed by atoms with Gasteiger partial charge in [0.25, 0.3) is 5.91 Å². The van der Waals surface area contributed by atoms with Crippen LogP contribution in [0.5, 0.6) is 5.75 Å². The fourth-order valence-corrected chi connectivity index (χ4v) is 3.08. The minimum atomic E-state index is -0.0772. The Bertz CT molecular complexity index is 684. The summed E-state index contributed by atoms with van der Waals surface area (Å²) in [6.07, 6.45) is 1.77. The highest BCUT2D eigenvalue weighted by Crippen LogP contribution is 2.32. The molecule has 1 saturated heterocycles. The highest BCUT2D eigenvalue weighted by Gasteiger charge is 2.22. The molecule has 0 saturated carbocycles. The maximum atomic E-state index is 12.3. The van der Waals surface area contributed by atoms with Gasteiger partial charge in [0.2, 0.25) is 0 Å². The average Bonchev–Trinajstić information content (AvgIpc) is 2.62. The van der Waals surface area contributed by atoms with E-state index in [0.29, 0.717) is 28.9 Å². The van der Waals surface area contributed by atoms with Crippen LogP contribution in [0.15, 0.2) is 42.6 Å². The molecule has 0 radical (unpaired) electrons. The number of rotatable bonds is 4. The van der Waals surface area contributed by atoms with Gasteiger partial charge < -0.3 is 14.5 Å². The molecule has 1 aromatic carbocycles. The quantitative estimate of drug-likeness (QED) is 0.834. The van der Waals surface area contributed by atoms with Crippen molar-refractivity contribution in [3.8, 4) is 5.75 Å². The fraction of sp³-hybridized carbons (Fsp3) is 0.294. The summed E-state index contributed by atoms with van der Waals surface area (Å²) in [5.41, 5.74) is 0. The maximum absolute atomic E-state index is 12.3. The Morgan fingerprint density at radius 1 is 1.04 bits per heavy atom. The van der Waals surface area contributed by atoms with Crippen molar-refractivity contribution in [3.05, 3.63) is 52.6 Å². The lowest BCUT2D eigenvalue weighted by Gasteiger charge is -2.35. The second-order valence-corrected chi connectivity index (χ2v) is 6.21. The number of carbonyl (C=O) groups excluding carboxylic acids is 1. The van der Waals surface area contributed by atoms with Crippen molar-refractivity contribution in [2.75, 3.05) is 37.7 Å². The van der Waals surface area contributed by atoms with Crippen molar-refractivity contribution >= 4 is 34.9 Å². The van der Waals surface area contributed by atoms with Crippen molar-refractivity contribution in [3.63, 3.8) is 0 Å². The molecule has 0 aliphatic carbocycles. The monoisotopic (exact) mass is 365 g/mol. The summed E-state index contributed by atoms with van der Waals surface area (Å²) in [6, 6.07) is 10.9. The lowest BCUT2D eigenvalue weighted by Crippen LogP contribution is -2.50. The van der Waals surface area contributed by atoms with Crippen LogP contribution in [0.3, 0.4) is 0 Å². The van der Waals surface area contributed by atoms with Gasteiger partial charge in [0.15, 0.2) is 12.4 Å². The predicted molar refractivity (Wildman–Crippen MR) is 95.0 cm³/mol. The predicted octanol–water partition coefficient (Wildman–Crippen LogP) is 3.12. The van der Waals surface area contributed by atoms with Crippen molar-refractivity contribution < 1.29 is 9.53 Å². The van der Waals surface area contributed by atoms with E-state index >= 15 is 0 Å². The Labute approximate surface area is 150 Å². The minimum absolute atomic E-state index is 0.0763. The number of amides is 1. The molecule has 7 heteroatoms. The molecule has 0 bridgehead atoms. The number of carbonyl (C=O) groups is 1. The summed E-state index contributed by atoms with van der Waals surface area (Å²) in [5, 5.41) is 0.797. The van der Waals surface area contributed by atoms with E-state index in [0.717, 1.165) is 18.9 Å². The van der Waals surface area contributed by atoms with Crippen molar-refractivity contribution in [1.29, 1.82) is 0 Å². The standard InChI is InChI=1S/C17H17Cl2N3O2/c18-13-4-3-5-14(19)17(13)24-12-16(23)22-10-8-21(9-11-22)15-6-1-2-7-20-15/h1-7H,8-12H2. The molecule has 126 valence electrons. The second-order valence-electron chi connectivity index (χ2n) is 5.40. The van der Waals surface area contributed by atoms with Crippen LogP contribution >= 0.6 is 23.2 Å². The normalized spacial score (nSPS) is 14.6. The summed E-state index contributed by atoms with van der Waals surface area (Å²) in [6.45, 7) is 2.68. The fourth-order valence-electron chi connectivity index (χ4n) is 2.57. The zero-order valence-corrected chi connectivity index (χ0v) is 14.5. The topological polar surface area (TPSA) is 45.7 Å². The van der Waals surface area contributed by atoms with E-state index in [4.69, 9.17) is 27.9 Å². The Balaban J connectivity index is 1.52. The number of ether oxygens (including phenoxy) is 1.